The smallest absolute Gasteiger partial charge is 0.168 e. The Morgan fingerprint density at radius 1 is 1.11 bits per heavy atom. The van der Waals surface area contributed by atoms with Gasteiger partial charge >= 0.3 is 0 Å². The molecule has 0 bridgehead atoms. The molecule has 0 spiro atoms. The number of ketones is 1. The summed E-state index contributed by atoms with van der Waals surface area (Å²) in [5, 5.41) is 1.17. The van der Waals surface area contributed by atoms with E-state index in [-0.39, 0.29) is 12.2 Å². The lowest BCUT2D eigenvalue weighted by Gasteiger charge is -2.06. The Labute approximate surface area is 120 Å². The first-order chi connectivity index (χ1) is 8.59. The molecule has 1 aromatic heterocycles. The van der Waals surface area contributed by atoms with Gasteiger partial charge in [0, 0.05) is 24.4 Å². The molecule has 0 N–H and O–H groups in total. The Hall–Kier alpha value is -1.09. The molecule has 0 fully saturated rings. The Morgan fingerprint density at radius 2 is 1.89 bits per heavy atom. The van der Waals surface area contributed by atoms with E-state index in [1.165, 1.54) is 12.4 Å². The van der Waals surface area contributed by atoms with E-state index in [1.807, 2.05) is 0 Å². The lowest BCUT2D eigenvalue weighted by molar-refractivity contribution is 0.0993. The van der Waals surface area contributed by atoms with Crippen molar-refractivity contribution >= 4 is 40.6 Å². The van der Waals surface area contributed by atoms with Gasteiger partial charge in [0.05, 0.1) is 15.1 Å². The van der Waals surface area contributed by atoms with E-state index in [4.69, 9.17) is 34.8 Å². The van der Waals surface area contributed by atoms with Crippen LogP contribution in [0.1, 0.15) is 15.9 Å². The third-order valence-corrected chi connectivity index (χ3v) is 3.61. The minimum atomic E-state index is -0.119. The summed E-state index contributed by atoms with van der Waals surface area (Å²) in [7, 11) is 0. The number of halogens is 3. The molecule has 0 aliphatic rings. The van der Waals surface area contributed by atoms with Crippen molar-refractivity contribution in [2.24, 2.45) is 0 Å². The highest BCUT2D eigenvalue weighted by molar-refractivity contribution is 6.42. The van der Waals surface area contributed by atoms with Crippen LogP contribution in [0.2, 0.25) is 15.1 Å². The van der Waals surface area contributed by atoms with Gasteiger partial charge < -0.3 is 0 Å². The maximum Gasteiger partial charge on any atom is 0.168 e. The van der Waals surface area contributed by atoms with Crippen LogP contribution in [0, 0.1) is 0 Å². The van der Waals surface area contributed by atoms with Gasteiger partial charge in [0.15, 0.2) is 5.78 Å². The van der Waals surface area contributed by atoms with E-state index in [0.717, 1.165) is 0 Å². The van der Waals surface area contributed by atoms with Gasteiger partial charge in [-0.3, -0.25) is 9.78 Å². The molecule has 92 valence electrons. The van der Waals surface area contributed by atoms with Crippen LogP contribution in [0.4, 0.5) is 0 Å². The van der Waals surface area contributed by atoms with Crippen LogP contribution >= 0.6 is 34.8 Å². The summed E-state index contributed by atoms with van der Waals surface area (Å²) in [6.07, 6.45) is 3.12. The molecular weight excluding hydrogens is 293 g/mol. The van der Waals surface area contributed by atoms with Crippen LogP contribution in [-0.4, -0.2) is 10.8 Å². The van der Waals surface area contributed by atoms with Crippen molar-refractivity contribution in [3.8, 4) is 0 Å². The molecule has 2 rings (SSSR count). The fraction of sp³-hybridized carbons (Fsp3) is 0.0769. The molecule has 0 radical (unpaired) electrons. The third-order valence-electron chi connectivity index (χ3n) is 2.46. The van der Waals surface area contributed by atoms with Gasteiger partial charge in [-0.2, -0.15) is 0 Å². The molecular formula is C13H8Cl3NO. The van der Waals surface area contributed by atoms with E-state index >= 15 is 0 Å². The van der Waals surface area contributed by atoms with E-state index < -0.39 is 0 Å². The van der Waals surface area contributed by atoms with Gasteiger partial charge in [-0.25, -0.2) is 0 Å². The highest BCUT2D eigenvalue weighted by Gasteiger charge is 2.13. The summed E-state index contributed by atoms with van der Waals surface area (Å²) in [6, 6.07) is 6.78. The van der Waals surface area contributed by atoms with Crippen LogP contribution in [0.25, 0.3) is 0 Å². The van der Waals surface area contributed by atoms with Crippen molar-refractivity contribution in [3.05, 3.63) is 62.9 Å². The van der Waals surface area contributed by atoms with Crippen LogP contribution in [0.5, 0.6) is 0 Å². The molecule has 0 amide bonds. The minimum absolute atomic E-state index is 0.119. The fourth-order valence-electron chi connectivity index (χ4n) is 1.55. The van der Waals surface area contributed by atoms with E-state index in [2.05, 4.69) is 4.98 Å². The van der Waals surface area contributed by atoms with E-state index in [0.29, 0.717) is 26.2 Å². The van der Waals surface area contributed by atoms with Gasteiger partial charge in [0.2, 0.25) is 0 Å². The maximum atomic E-state index is 12.1. The van der Waals surface area contributed by atoms with Crippen molar-refractivity contribution in [3.63, 3.8) is 0 Å². The highest BCUT2D eigenvalue weighted by atomic mass is 35.5. The maximum absolute atomic E-state index is 12.1. The number of Topliss-reactive ketones (excluding diaryl/α,β-unsaturated/α-hetero) is 1. The zero-order valence-corrected chi connectivity index (χ0v) is 11.4. The predicted octanol–water partition coefficient (Wildman–Crippen LogP) is 4.47. The summed E-state index contributed by atoms with van der Waals surface area (Å²) < 4.78 is 0. The van der Waals surface area contributed by atoms with Gasteiger partial charge in [-0.1, -0.05) is 46.9 Å². The van der Waals surface area contributed by atoms with Crippen molar-refractivity contribution < 1.29 is 4.79 Å². The quantitative estimate of drug-likeness (QED) is 0.783. The zero-order chi connectivity index (χ0) is 13.1. The second-order valence-electron chi connectivity index (χ2n) is 3.67. The summed E-state index contributed by atoms with van der Waals surface area (Å²) in [5.41, 5.74) is 1.12. The molecule has 2 nitrogen and oxygen atoms in total. The molecule has 0 saturated carbocycles. The number of hydrogen-bond donors (Lipinski definition) is 0. The molecule has 5 heteroatoms. The van der Waals surface area contributed by atoms with Crippen molar-refractivity contribution in [1.82, 2.24) is 4.98 Å². The van der Waals surface area contributed by atoms with Crippen molar-refractivity contribution in [2.75, 3.05) is 0 Å². The molecule has 0 atom stereocenters. The second kappa shape index (κ2) is 5.70. The first kappa shape index (κ1) is 13.3. The van der Waals surface area contributed by atoms with Crippen LogP contribution in [-0.2, 0) is 6.42 Å². The highest BCUT2D eigenvalue weighted by Crippen LogP contribution is 2.27. The number of carbonyl (C=O) groups is 1. The number of carbonyl (C=O) groups excluding carboxylic acids is 1. The second-order valence-corrected chi connectivity index (χ2v) is 4.86. The monoisotopic (exact) mass is 299 g/mol. The standard InChI is InChI=1S/C13H8Cl3NO/c14-10-3-1-2-8(13(10)16)6-12(18)9-4-5-17-7-11(9)15/h1-5,7H,6H2. The lowest BCUT2D eigenvalue weighted by atomic mass is 10.0. The Morgan fingerprint density at radius 3 is 2.61 bits per heavy atom. The average Bonchev–Trinajstić information content (AvgIpc) is 2.35. The lowest BCUT2D eigenvalue weighted by Crippen LogP contribution is -2.05. The topological polar surface area (TPSA) is 30.0 Å². The summed E-state index contributed by atoms with van der Waals surface area (Å²) in [5.74, 6) is -0.119. The molecule has 1 aromatic carbocycles. The predicted molar refractivity (Wildman–Crippen MR) is 73.7 cm³/mol. The molecule has 0 aliphatic heterocycles. The molecule has 0 aliphatic carbocycles. The number of benzene rings is 1. The summed E-state index contributed by atoms with van der Waals surface area (Å²) >= 11 is 17.8. The third kappa shape index (κ3) is 2.83. The summed E-state index contributed by atoms with van der Waals surface area (Å²) in [6.45, 7) is 0. The van der Waals surface area contributed by atoms with Crippen molar-refractivity contribution in [2.45, 2.75) is 6.42 Å². The number of rotatable bonds is 3. The first-order valence-electron chi connectivity index (χ1n) is 5.15. The van der Waals surface area contributed by atoms with Crippen LogP contribution < -0.4 is 0 Å². The van der Waals surface area contributed by atoms with Crippen LogP contribution in [0.3, 0.4) is 0 Å². The largest absolute Gasteiger partial charge is 0.294 e. The Kier molecular flexibility index (Phi) is 4.23. The Bertz CT molecular complexity index is 599. The van der Waals surface area contributed by atoms with Crippen molar-refractivity contribution in [1.29, 1.82) is 0 Å². The number of pyridine rings is 1. The number of aromatic nitrogens is 1. The zero-order valence-electron chi connectivity index (χ0n) is 9.16. The van der Waals surface area contributed by atoms with Gasteiger partial charge in [-0.15, -0.1) is 0 Å². The molecule has 0 unspecified atom stereocenters. The Balaban J connectivity index is 2.27. The number of nitrogens with zero attached hydrogens (tertiary/aromatic N) is 1. The first-order valence-corrected chi connectivity index (χ1v) is 6.28. The van der Waals surface area contributed by atoms with Gasteiger partial charge in [-0.05, 0) is 17.7 Å². The van der Waals surface area contributed by atoms with E-state index in [9.17, 15) is 4.79 Å². The summed E-state index contributed by atoms with van der Waals surface area (Å²) in [4.78, 5) is 15.9. The van der Waals surface area contributed by atoms with Gasteiger partial charge in [0.25, 0.3) is 0 Å². The number of hydrogen-bond acceptors (Lipinski definition) is 2. The normalized spacial score (nSPS) is 10.4. The molecule has 1 heterocycles. The molecule has 18 heavy (non-hydrogen) atoms. The minimum Gasteiger partial charge on any atom is -0.294 e. The van der Waals surface area contributed by atoms with E-state index in [1.54, 1.807) is 24.3 Å². The van der Waals surface area contributed by atoms with Gasteiger partial charge in [0.1, 0.15) is 0 Å². The fourth-order valence-corrected chi connectivity index (χ4v) is 2.17. The average molecular weight is 301 g/mol. The SMILES string of the molecule is O=C(Cc1cccc(Cl)c1Cl)c1ccncc1Cl. The molecule has 0 saturated heterocycles. The molecule has 2 aromatic rings. The van der Waals surface area contributed by atoms with Crippen LogP contribution in [0.15, 0.2) is 36.7 Å².